The Morgan fingerprint density at radius 1 is 1.33 bits per heavy atom. The Hall–Kier alpha value is -1.36. The fourth-order valence-corrected chi connectivity index (χ4v) is 2.13. The van der Waals surface area contributed by atoms with Gasteiger partial charge in [-0.2, -0.15) is 0 Å². The number of aliphatic hydroxyl groups excluding tert-OH is 1. The first-order valence-electron chi connectivity index (χ1n) is 6.67. The highest BCUT2D eigenvalue weighted by atomic mass is 16.5. The number of anilines is 1. The molecule has 1 aromatic heterocycles. The van der Waals surface area contributed by atoms with Crippen LogP contribution in [0.2, 0.25) is 0 Å². The van der Waals surface area contributed by atoms with Crippen molar-refractivity contribution < 1.29 is 9.84 Å². The summed E-state index contributed by atoms with van der Waals surface area (Å²) < 4.78 is 5.47. The maximum absolute atomic E-state index is 9.46. The van der Waals surface area contributed by atoms with Gasteiger partial charge in [0.1, 0.15) is 12.1 Å². The van der Waals surface area contributed by atoms with E-state index in [1.807, 2.05) is 6.07 Å². The lowest BCUT2D eigenvalue weighted by Crippen LogP contribution is -2.28. The zero-order valence-electron chi connectivity index (χ0n) is 10.8. The Morgan fingerprint density at radius 2 is 2.11 bits per heavy atom. The standard InChI is InChI=1S/C13H21N3O2/c1-2-7-18-13-8-12(14-9-15-13)16-10-3-5-11(17)6-4-10/h8-11,17H,2-7H2,1H3,(H,14,15,16). The molecule has 1 aromatic rings. The maximum atomic E-state index is 9.46. The number of nitrogens with zero attached hydrogens (tertiary/aromatic N) is 2. The second kappa shape index (κ2) is 6.54. The summed E-state index contributed by atoms with van der Waals surface area (Å²) in [6.45, 7) is 2.74. The van der Waals surface area contributed by atoms with Gasteiger partial charge >= 0.3 is 0 Å². The molecule has 18 heavy (non-hydrogen) atoms. The van der Waals surface area contributed by atoms with Gasteiger partial charge in [-0.25, -0.2) is 9.97 Å². The Balaban J connectivity index is 1.88. The number of hydrogen-bond acceptors (Lipinski definition) is 5. The van der Waals surface area contributed by atoms with E-state index in [0.29, 0.717) is 18.5 Å². The van der Waals surface area contributed by atoms with Gasteiger partial charge < -0.3 is 15.2 Å². The van der Waals surface area contributed by atoms with E-state index in [1.54, 1.807) is 0 Å². The fourth-order valence-electron chi connectivity index (χ4n) is 2.13. The highest BCUT2D eigenvalue weighted by Gasteiger charge is 2.19. The molecule has 100 valence electrons. The van der Waals surface area contributed by atoms with Gasteiger partial charge in [0.15, 0.2) is 0 Å². The van der Waals surface area contributed by atoms with Gasteiger partial charge in [0.25, 0.3) is 0 Å². The average Bonchev–Trinajstić information content (AvgIpc) is 2.40. The normalized spacial score (nSPS) is 23.7. The summed E-state index contributed by atoms with van der Waals surface area (Å²) >= 11 is 0. The van der Waals surface area contributed by atoms with E-state index in [2.05, 4.69) is 22.2 Å². The smallest absolute Gasteiger partial charge is 0.218 e. The van der Waals surface area contributed by atoms with Crippen LogP contribution < -0.4 is 10.1 Å². The van der Waals surface area contributed by atoms with Crippen molar-refractivity contribution in [2.24, 2.45) is 0 Å². The van der Waals surface area contributed by atoms with E-state index in [4.69, 9.17) is 4.74 Å². The SMILES string of the molecule is CCCOc1cc(NC2CCC(O)CC2)ncn1. The Morgan fingerprint density at radius 3 is 2.83 bits per heavy atom. The molecule has 0 bridgehead atoms. The molecular weight excluding hydrogens is 230 g/mol. The number of hydrogen-bond donors (Lipinski definition) is 2. The van der Waals surface area contributed by atoms with E-state index in [1.165, 1.54) is 6.33 Å². The molecule has 1 heterocycles. The number of aliphatic hydroxyl groups is 1. The molecule has 1 aliphatic carbocycles. The number of ether oxygens (including phenoxy) is 1. The summed E-state index contributed by atoms with van der Waals surface area (Å²) in [5, 5.41) is 12.8. The minimum atomic E-state index is -0.128. The van der Waals surface area contributed by atoms with E-state index < -0.39 is 0 Å². The maximum Gasteiger partial charge on any atom is 0.218 e. The van der Waals surface area contributed by atoms with Crippen molar-refractivity contribution in [1.82, 2.24) is 9.97 Å². The van der Waals surface area contributed by atoms with Crippen LogP contribution in [0.1, 0.15) is 39.0 Å². The van der Waals surface area contributed by atoms with E-state index in [0.717, 1.165) is 37.9 Å². The minimum absolute atomic E-state index is 0.128. The van der Waals surface area contributed by atoms with E-state index in [-0.39, 0.29) is 6.10 Å². The van der Waals surface area contributed by atoms with Gasteiger partial charge in [0.05, 0.1) is 12.7 Å². The Labute approximate surface area is 108 Å². The van der Waals surface area contributed by atoms with Crippen molar-refractivity contribution >= 4 is 5.82 Å². The first-order chi connectivity index (χ1) is 8.78. The van der Waals surface area contributed by atoms with Crippen molar-refractivity contribution in [3.8, 4) is 5.88 Å². The molecule has 0 saturated heterocycles. The first-order valence-corrected chi connectivity index (χ1v) is 6.67. The van der Waals surface area contributed by atoms with Gasteiger partial charge in [-0.1, -0.05) is 6.92 Å². The molecule has 0 aromatic carbocycles. The van der Waals surface area contributed by atoms with Crippen LogP contribution in [-0.4, -0.2) is 33.8 Å². The monoisotopic (exact) mass is 251 g/mol. The van der Waals surface area contributed by atoms with Gasteiger partial charge in [-0.3, -0.25) is 0 Å². The molecule has 0 radical (unpaired) electrons. The highest BCUT2D eigenvalue weighted by molar-refractivity contribution is 5.38. The Kier molecular flexibility index (Phi) is 4.75. The van der Waals surface area contributed by atoms with Crippen LogP contribution in [0.25, 0.3) is 0 Å². The molecule has 0 spiro atoms. The number of nitrogens with one attached hydrogen (secondary N) is 1. The molecule has 2 N–H and O–H groups in total. The van der Waals surface area contributed by atoms with Crippen molar-refractivity contribution in [2.75, 3.05) is 11.9 Å². The molecule has 0 amide bonds. The second-order valence-electron chi connectivity index (χ2n) is 4.74. The summed E-state index contributed by atoms with van der Waals surface area (Å²) in [5.41, 5.74) is 0. The molecule has 5 nitrogen and oxygen atoms in total. The van der Waals surface area contributed by atoms with Crippen molar-refractivity contribution in [3.63, 3.8) is 0 Å². The molecule has 2 rings (SSSR count). The lowest BCUT2D eigenvalue weighted by Gasteiger charge is -2.26. The second-order valence-corrected chi connectivity index (χ2v) is 4.74. The van der Waals surface area contributed by atoms with Crippen molar-refractivity contribution in [3.05, 3.63) is 12.4 Å². The lowest BCUT2D eigenvalue weighted by atomic mass is 9.93. The summed E-state index contributed by atoms with van der Waals surface area (Å²) in [4.78, 5) is 8.26. The van der Waals surface area contributed by atoms with Crippen LogP contribution in [0.15, 0.2) is 12.4 Å². The van der Waals surface area contributed by atoms with Gasteiger partial charge in [-0.15, -0.1) is 0 Å². The van der Waals surface area contributed by atoms with Crippen LogP contribution in [-0.2, 0) is 0 Å². The number of rotatable bonds is 5. The zero-order chi connectivity index (χ0) is 12.8. The summed E-state index contributed by atoms with van der Waals surface area (Å²) in [6.07, 6.45) is 6.05. The molecule has 1 aliphatic rings. The Bertz CT molecular complexity index is 365. The molecule has 0 aliphatic heterocycles. The molecule has 0 unspecified atom stereocenters. The predicted octanol–water partition coefficient (Wildman–Crippen LogP) is 1.98. The lowest BCUT2D eigenvalue weighted by molar-refractivity contribution is 0.126. The third-order valence-corrected chi connectivity index (χ3v) is 3.14. The average molecular weight is 251 g/mol. The van der Waals surface area contributed by atoms with Crippen molar-refractivity contribution in [2.45, 2.75) is 51.2 Å². The molecule has 1 saturated carbocycles. The zero-order valence-corrected chi connectivity index (χ0v) is 10.8. The van der Waals surface area contributed by atoms with Crippen LogP contribution >= 0.6 is 0 Å². The van der Waals surface area contributed by atoms with E-state index >= 15 is 0 Å². The molecule has 1 fully saturated rings. The summed E-state index contributed by atoms with van der Waals surface area (Å²) in [6, 6.07) is 2.23. The van der Waals surface area contributed by atoms with Crippen LogP contribution in [0.4, 0.5) is 5.82 Å². The minimum Gasteiger partial charge on any atom is -0.478 e. The van der Waals surface area contributed by atoms with E-state index in [9.17, 15) is 5.11 Å². The third-order valence-electron chi connectivity index (χ3n) is 3.14. The van der Waals surface area contributed by atoms with Gasteiger partial charge in [-0.05, 0) is 32.1 Å². The van der Waals surface area contributed by atoms with Crippen molar-refractivity contribution in [1.29, 1.82) is 0 Å². The summed E-state index contributed by atoms with van der Waals surface area (Å²) in [7, 11) is 0. The van der Waals surface area contributed by atoms with Gasteiger partial charge in [0, 0.05) is 12.1 Å². The third kappa shape index (κ3) is 3.84. The highest BCUT2D eigenvalue weighted by Crippen LogP contribution is 2.22. The first kappa shape index (κ1) is 13.1. The molecular formula is C13H21N3O2. The van der Waals surface area contributed by atoms with Crippen LogP contribution in [0.3, 0.4) is 0 Å². The fraction of sp³-hybridized carbons (Fsp3) is 0.692. The van der Waals surface area contributed by atoms with Gasteiger partial charge in [0.2, 0.25) is 5.88 Å². The quantitative estimate of drug-likeness (QED) is 0.837. The molecule has 0 atom stereocenters. The topological polar surface area (TPSA) is 67.3 Å². The largest absolute Gasteiger partial charge is 0.478 e. The number of aromatic nitrogens is 2. The molecule has 5 heteroatoms. The van der Waals surface area contributed by atoms with Crippen LogP contribution in [0.5, 0.6) is 5.88 Å². The van der Waals surface area contributed by atoms with Crippen LogP contribution in [0, 0.1) is 0 Å². The summed E-state index contributed by atoms with van der Waals surface area (Å²) in [5.74, 6) is 1.42. The predicted molar refractivity (Wildman–Crippen MR) is 69.7 cm³/mol.